The molecule has 4 nitrogen and oxygen atoms in total. The number of aliphatic carboxylic acids is 1. The van der Waals surface area contributed by atoms with E-state index >= 15 is 0 Å². The van der Waals surface area contributed by atoms with Crippen LogP contribution in [-0.2, 0) is 11.0 Å². The summed E-state index contributed by atoms with van der Waals surface area (Å²) in [5.41, 5.74) is -0.893. The molecule has 104 valence electrons. The van der Waals surface area contributed by atoms with Gasteiger partial charge in [-0.2, -0.15) is 13.2 Å². The number of rotatable bonds is 2. The Morgan fingerprint density at radius 2 is 2.21 bits per heavy atom. The molecule has 2 rings (SSSR count). The monoisotopic (exact) mass is 274 g/mol. The van der Waals surface area contributed by atoms with Crippen LogP contribution < -0.4 is 4.90 Å². The van der Waals surface area contributed by atoms with E-state index in [9.17, 15) is 18.0 Å². The maximum Gasteiger partial charge on any atom is 0.419 e. The minimum atomic E-state index is -4.54. The third-order valence-electron chi connectivity index (χ3n) is 3.32. The smallest absolute Gasteiger partial charge is 0.419 e. The summed E-state index contributed by atoms with van der Waals surface area (Å²) in [5.74, 6) is -1.63. The topological polar surface area (TPSA) is 53.4 Å². The molecule has 1 aromatic heterocycles. The molecule has 0 aliphatic carbocycles. The van der Waals surface area contributed by atoms with Crippen LogP contribution in [-0.4, -0.2) is 28.6 Å². The maximum absolute atomic E-state index is 12.9. The molecule has 19 heavy (non-hydrogen) atoms. The molecule has 1 aliphatic heterocycles. The van der Waals surface area contributed by atoms with Gasteiger partial charge in [0.05, 0.1) is 5.56 Å². The summed E-state index contributed by atoms with van der Waals surface area (Å²) in [4.78, 5) is 16.2. The van der Waals surface area contributed by atoms with Crippen molar-refractivity contribution in [2.24, 2.45) is 5.92 Å². The number of pyridine rings is 1. The molecule has 1 aliphatic rings. The zero-order valence-electron chi connectivity index (χ0n) is 10.2. The first-order valence-electron chi connectivity index (χ1n) is 5.84. The summed E-state index contributed by atoms with van der Waals surface area (Å²) in [6.07, 6.45) is -2.77. The van der Waals surface area contributed by atoms with Crippen LogP contribution >= 0.6 is 0 Å². The van der Waals surface area contributed by atoms with E-state index in [-0.39, 0.29) is 18.3 Å². The zero-order chi connectivity index (χ0) is 14.2. The third-order valence-corrected chi connectivity index (χ3v) is 3.32. The molecular formula is C12H13F3N2O2. The Bertz CT molecular complexity index is 490. The Balaban J connectivity index is 2.45. The fourth-order valence-corrected chi connectivity index (χ4v) is 2.41. The van der Waals surface area contributed by atoms with E-state index in [1.165, 1.54) is 17.2 Å². The lowest BCUT2D eigenvalue weighted by Gasteiger charge is -2.26. The van der Waals surface area contributed by atoms with Gasteiger partial charge >= 0.3 is 12.1 Å². The van der Waals surface area contributed by atoms with Crippen molar-refractivity contribution in [3.63, 3.8) is 0 Å². The second-order valence-electron chi connectivity index (χ2n) is 4.61. The van der Waals surface area contributed by atoms with E-state index in [0.717, 1.165) is 6.07 Å². The highest BCUT2D eigenvalue weighted by Crippen LogP contribution is 2.38. The summed E-state index contributed by atoms with van der Waals surface area (Å²) < 4.78 is 38.7. The second-order valence-corrected chi connectivity index (χ2v) is 4.61. The van der Waals surface area contributed by atoms with Gasteiger partial charge in [0, 0.05) is 12.7 Å². The standard InChI is InChI=1S/C12H13F3N2O2/c1-7-4-6-17(9(7)11(18)19)10-8(12(13,14)15)3-2-5-16-10/h2-3,5,7,9H,4,6H2,1H3,(H,18,19). The number of alkyl halides is 3. The van der Waals surface area contributed by atoms with Crippen molar-refractivity contribution in [1.82, 2.24) is 4.98 Å². The second kappa shape index (κ2) is 4.71. The minimum Gasteiger partial charge on any atom is -0.480 e. The number of aromatic nitrogens is 1. The summed E-state index contributed by atoms with van der Waals surface area (Å²) in [7, 11) is 0. The molecule has 2 heterocycles. The van der Waals surface area contributed by atoms with E-state index in [0.29, 0.717) is 6.42 Å². The molecule has 0 amide bonds. The Morgan fingerprint density at radius 3 is 2.79 bits per heavy atom. The highest BCUT2D eigenvalue weighted by molar-refractivity contribution is 5.79. The number of carboxylic acids is 1. The van der Waals surface area contributed by atoms with Crippen LogP contribution in [0.15, 0.2) is 18.3 Å². The number of hydrogen-bond acceptors (Lipinski definition) is 3. The van der Waals surface area contributed by atoms with Gasteiger partial charge in [-0.05, 0) is 24.5 Å². The molecule has 0 aromatic carbocycles. The molecular weight excluding hydrogens is 261 g/mol. The van der Waals surface area contributed by atoms with E-state index < -0.39 is 23.8 Å². The predicted molar refractivity (Wildman–Crippen MR) is 61.8 cm³/mol. The van der Waals surface area contributed by atoms with Crippen LogP contribution in [0.2, 0.25) is 0 Å². The first kappa shape index (κ1) is 13.6. The van der Waals surface area contributed by atoms with Crippen molar-refractivity contribution >= 4 is 11.8 Å². The van der Waals surface area contributed by atoms with Crippen molar-refractivity contribution in [2.45, 2.75) is 25.6 Å². The Labute approximate surface area is 107 Å². The van der Waals surface area contributed by atoms with Gasteiger partial charge in [0.25, 0.3) is 0 Å². The summed E-state index contributed by atoms with van der Waals surface area (Å²) in [5, 5.41) is 9.16. The van der Waals surface area contributed by atoms with Gasteiger partial charge in [0.1, 0.15) is 11.9 Å². The van der Waals surface area contributed by atoms with Crippen LogP contribution in [0.4, 0.5) is 19.0 Å². The van der Waals surface area contributed by atoms with Gasteiger partial charge in [-0.3, -0.25) is 0 Å². The zero-order valence-corrected chi connectivity index (χ0v) is 10.2. The van der Waals surface area contributed by atoms with E-state index in [4.69, 9.17) is 5.11 Å². The quantitative estimate of drug-likeness (QED) is 0.899. The van der Waals surface area contributed by atoms with Gasteiger partial charge in [-0.1, -0.05) is 6.92 Å². The normalized spacial score (nSPS) is 23.7. The summed E-state index contributed by atoms with van der Waals surface area (Å²) in [6.45, 7) is 1.98. The lowest BCUT2D eigenvalue weighted by molar-refractivity contribution is -0.140. The van der Waals surface area contributed by atoms with Crippen molar-refractivity contribution in [3.8, 4) is 0 Å². The van der Waals surface area contributed by atoms with Gasteiger partial charge in [-0.25, -0.2) is 9.78 Å². The summed E-state index contributed by atoms with van der Waals surface area (Å²) >= 11 is 0. The number of carboxylic acid groups (broad SMARTS) is 1. The van der Waals surface area contributed by atoms with E-state index in [2.05, 4.69) is 4.98 Å². The van der Waals surface area contributed by atoms with Gasteiger partial charge in [0.15, 0.2) is 0 Å². The molecule has 0 spiro atoms. The van der Waals surface area contributed by atoms with Gasteiger partial charge < -0.3 is 10.0 Å². The molecule has 2 atom stereocenters. The largest absolute Gasteiger partial charge is 0.480 e. The number of nitrogens with zero attached hydrogens (tertiary/aromatic N) is 2. The first-order valence-corrected chi connectivity index (χ1v) is 5.84. The number of carbonyl (C=O) groups is 1. The summed E-state index contributed by atoms with van der Waals surface area (Å²) in [6, 6.07) is 1.15. The molecule has 0 saturated carbocycles. The molecule has 2 unspecified atom stereocenters. The van der Waals surface area contributed by atoms with E-state index in [1.807, 2.05) is 0 Å². The Morgan fingerprint density at radius 1 is 1.53 bits per heavy atom. The van der Waals surface area contributed by atoms with E-state index in [1.54, 1.807) is 6.92 Å². The molecule has 0 radical (unpaired) electrons. The maximum atomic E-state index is 12.9. The molecule has 1 aromatic rings. The first-order chi connectivity index (χ1) is 8.82. The number of anilines is 1. The van der Waals surface area contributed by atoms with Crippen molar-refractivity contribution in [1.29, 1.82) is 0 Å². The van der Waals surface area contributed by atoms with Crippen molar-refractivity contribution < 1.29 is 23.1 Å². The highest BCUT2D eigenvalue weighted by Gasteiger charge is 2.42. The Kier molecular flexibility index (Phi) is 3.38. The fourth-order valence-electron chi connectivity index (χ4n) is 2.41. The Hall–Kier alpha value is -1.79. The lowest BCUT2D eigenvalue weighted by Crippen LogP contribution is -2.40. The average molecular weight is 274 g/mol. The SMILES string of the molecule is CC1CCN(c2ncccc2C(F)(F)F)C1C(=O)O. The minimum absolute atomic E-state index is 0.208. The van der Waals surface area contributed by atoms with Crippen molar-refractivity contribution in [3.05, 3.63) is 23.9 Å². The lowest BCUT2D eigenvalue weighted by atomic mass is 10.0. The molecule has 7 heteroatoms. The van der Waals surface area contributed by atoms with Crippen LogP contribution in [0.1, 0.15) is 18.9 Å². The van der Waals surface area contributed by atoms with Crippen molar-refractivity contribution in [2.75, 3.05) is 11.4 Å². The van der Waals surface area contributed by atoms with Crippen LogP contribution in [0.25, 0.3) is 0 Å². The molecule has 1 fully saturated rings. The van der Waals surface area contributed by atoms with Crippen LogP contribution in [0.3, 0.4) is 0 Å². The number of halogens is 3. The number of hydrogen-bond donors (Lipinski definition) is 1. The predicted octanol–water partition coefficient (Wildman–Crippen LogP) is 2.40. The molecule has 1 N–H and O–H groups in total. The van der Waals surface area contributed by atoms with Gasteiger partial charge in [0.2, 0.25) is 0 Å². The average Bonchev–Trinajstić information content (AvgIpc) is 2.70. The molecule has 0 bridgehead atoms. The van der Waals surface area contributed by atoms with Crippen LogP contribution in [0, 0.1) is 5.92 Å². The van der Waals surface area contributed by atoms with Gasteiger partial charge in [-0.15, -0.1) is 0 Å². The fraction of sp³-hybridized carbons (Fsp3) is 0.500. The third kappa shape index (κ3) is 2.50. The molecule has 1 saturated heterocycles. The highest BCUT2D eigenvalue weighted by atomic mass is 19.4. The van der Waals surface area contributed by atoms with Crippen LogP contribution in [0.5, 0.6) is 0 Å².